The number of benzene rings is 3. The van der Waals surface area contributed by atoms with Gasteiger partial charge in [0.2, 0.25) is 10.0 Å². The molecule has 1 heterocycles. The van der Waals surface area contributed by atoms with Crippen LogP contribution in [0.5, 0.6) is 0 Å². The lowest BCUT2D eigenvalue weighted by Crippen LogP contribution is -2.49. The molecule has 0 aliphatic rings. The summed E-state index contributed by atoms with van der Waals surface area (Å²) >= 11 is 1.46. The zero-order valence-corrected chi connectivity index (χ0v) is 27.6. The predicted octanol–water partition coefficient (Wildman–Crippen LogP) is 4.18. The van der Waals surface area contributed by atoms with Gasteiger partial charge >= 0.3 is 0 Å². The molecule has 0 aliphatic carbocycles. The highest BCUT2D eigenvalue weighted by atomic mass is 32.2. The number of likely N-dealkylation sites (N-methyl/N-ethyl adjacent to an activating group) is 1. The van der Waals surface area contributed by atoms with Gasteiger partial charge in [0.15, 0.2) is 5.13 Å². The summed E-state index contributed by atoms with van der Waals surface area (Å²) in [5.41, 5.74) is 3.03. The van der Waals surface area contributed by atoms with Crippen molar-refractivity contribution in [1.82, 2.24) is 15.6 Å². The molecule has 45 heavy (non-hydrogen) atoms. The van der Waals surface area contributed by atoms with E-state index < -0.39 is 34.0 Å². The normalized spacial score (nSPS) is 13.4. The number of nitrogens with one attached hydrogen (secondary N) is 2. The minimum absolute atomic E-state index is 0.0784. The lowest BCUT2D eigenvalue weighted by Gasteiger charge is -2.28. The van der Waals surface area contributed by atoms with Crippen LogP contribution >= 0.6 is 11.3 Å². The quantitative estimate of drug-likeness (QED) is 0.198. The first kappa shape index (κ1) is 33.6. The fraction of sp³-hybridized carbons (Fsp3) is 0.303. The van der Waals surface area contributed by atoms with Crippen LogP contribution in [0.25, 0.3) is 0 Å². The van der Waals surface area contributed by atoms with Crippen LogP contribution in [0.3, 0.4) is 0 Å². The van der Waals surface area contributed by atoms with Crippen molar-refractivity contribution in [2.75, 3.05) is 36.1 Å². The van der Waals surface area contributed by atoms with E-state index in [0.29, 0.717) is 6.42 Å². The summed E-state index contributed by atoms with van der Waals surface area (Å²) in [4.78, 5) is 33.5. The molecular formula is C33H39N5O5S2. The number of carbonyl (C=O) groups excluding carboxylic acids is 2. The highest BCUT2D eigenvalue weighted by Gasteiger charge is 2.26. The van der Waals surface area contributed by atoms with Gasteiger partial charge in [-0.25, -0.2) is 13.4 Å². The zero-order valence-electron chi connectivity index (χ0n) is 26.0. The third-order valence-electron chi connectivity index (χ3n) is 7.42. The molecule has 3 atom stereocenters. The number of nitrogens with zero attached hydrogens (tertiary/aromatic N) is 3. The number of hydrogen-bond acceptors (Lipinski definition) is 8. The SMILES string of the molecule is Cc1csc(N(C)C[C@@H](O)[C@H](Cc2ccccc2)NC(=O)c2cc(C(=O)N[C@H](C)c3ccccc3)cc(N(C)S(C)(=O)=O)c2)n1. The summed E-state index contributed by atoms with van der Waals surface area (Å²) in [5, 5.41) is 19.9. The van der Waals surface area contributed by atoms with Crippen LogP contribution in [-0.4, -0.2) is 69.4 Å². The van der Waals surface area contributed by atoms with Crippen LogP contribution in [0.1, 0.15) is 50.5 Å². The van der Waals surface area contributed by atoms with E-state index in [1.807, 2.05) is 91.8 Å². The maximum atomic E-state index is 13.8. The molecule has 0 spiro atoms. The topological polar surface area (TPSA) is 132 Å². The molecule has 4 rings (SSSR count). The smallest absolute Gasteiger partial charge is 0.251 e. The lowest BCUT2D eigenvalue weighted by molar-refractivity contribution is 0.0843. The first-order valence-corrected chi connectivity index (χ1v) is 17.2. The first-order valence-electron chi connectivity index (χ1n) is 14.4. The largest absolute Gasteiger partial charge is 0.389 e. The first-order chi connectivity index (χ1) is 21.3. The van der Waals surface area contributed by atoms with Crippen LogP contribution < -0.4 is 19.8 Å². The van der Waals surface area contributed by atoms with E-state index in [0.717, 1.165) is 32.5 Å². The predicted molar refractivity (Wildman–Crippen MR) is 180 cm³/mol. The van der Waals surface area contributed by atoms with Gasteiger partial charge in [-0.3, -0.25) is 13.9 Å². The number of aliphatic hydroxyl groups is 1. The third-order valence-corrected chi connectivity index (χ3v) is 9.70. The van der Waals surface area contributed by atoms with Crippen molar-refractivity contribution in [2.24, 2.45) is 0 Å². The molecule has 0 saturated carbocycles. The van der Waals surface area contributed by atoms with Gasteiger partial charge in [0.05, 0.1) is 35.8 Å². The van der Waals surface area contributed by atoms with Crippen molar-refractivity contribution < 1.29 is 23.1 Å². The molecular weight excluding hydrogens is 611 g/mol. The van der Waals surface area contributed by atoms with Gasteiger partial charge in [-0.05, 0) is 49.6 Å². The number of rotatable bonds is 13. The Kier molecular flexibility index (Phi) is 11.0. The molecule has 238 valence electrons. The van der Waals surface area contributed by atoms with Crippen LogP contribution in [-0.2, 0) is 16.4 Å². The van der Waals surface area contributed by atoms with Gasteiger partial charge in [-0.2, -0.15) is 0 Å². The fourth-order valence-electron chi connectivity index (χ4n) is 4.76. The third kappa shape index (κ3) is 9.13. The van der Waals surface area contributed by atoms with Gasteiger partial charge < -0.3 is 20.6 Å². The second kappa shape index (κ2) is 14.7. The highest BCUT2D eigenvalue weighted by molar-refractivity contribution is 7.92. The number of thiazole rings is 1. The Balaban J connectivity index is 1.63. The Labute approximate surface area is 268 Å². The number of anilines is 2. The Morgan fingerprint density at radius 3 is 2.07 bits per heavy atom. The summed E-state index contributed by atoms with van der Waals surface area (Å²) in [6.45, 7) is 3.94. The molecule has 3 aromatic carbocycles. The van der Waals surface area contributed by atoms with Crippen molar-refractivity contribution in [2.45, 2.75) is 38.5 Å². The Hall–Kier alpha value is -4.26. The summed E-state index contributed by atoms with van der Waals surface area (Å²) < 4.78 is 25.9. The van der Waals surface area contributed by atoms with E-state index >= 15 is 0 Å². The summed E-state index contributed by atoms with van der Waals surface area (Å²) in [6, 6.07) is 22.1. The van der Waals surface area contributed by atoms with Crippen molar-refractivity contribution in [3.8, 4) is 0 Å². The van der Waals surface area contributed by atoms with Crippen LogP contribution in [0, 0.1) is 6.92 Å². The number of carbonyl (C=O) groups is 2. The van der Waals surface area contributed by atoms with Crippen molar-refractivity contribution in [3.63, 3.8) is 0 Å². The van der Waals surface area contributed by atoms with Gasteiger partial charge in [0.1, 0.15) is 0 Å². The second-order valence-electron chi connectivity index (χ2n) is 11.1. The highest BCUT2D eigenvalue weighted by Crippen LogP contribution is 2.23. The van der Waals surface area contributed by atoms with Crippen molar-refractivity contribution in [1.29, 1.82) is 0 Å². The molecule has 0 radical (unpaired) electrons. The minimum Gasteiger partial charge on any atom is -0.389 e. The minimum atomic E-state index is -3.70. The Morgan fingerprint density at radius 1 is 0.933 bits per heavy atom. The number of aliphatic hydroxyl groups excluding tert-OH is 1. The molecule has 0 saturated heterocycles. The Bertz CT molecular complexity index is 1710. The average Bonchev–Trinajstić information content (AvgIpc) is 3.46. The molecule has 0 fully saturated rings. The second-order valence-corrected chi connectivity index (χ2v) is 13.9. The van der Waals surface area contributed by atoms with E-state index in [1.165, 1.54) is 36.6 Å². The van der Waals surface area contributed by atoms with E-state index in [-0.39, 0.29) is 29.4 Å². The lowest BCUT2D eigenvalue weighted by atomic mass is 9.99. The van der Waals surface area contributed by atoms with Gasteiger partial charge in [-0.15, -0.1) is 11.3 Å². The van der Waals surface area contributed by atoms with Gasteiger partial charge in [0.25, 0.3) is 11.8 Å². The Morgan fingerprint density at radius 2 is 1.51 bits per heavy atom. The van der Waals surface area contributed by atoms with E-state index in [9.17, 15) is 23.1 Å². The summed E-state index contributed by atoms with van der Waals surface area (Å²) in [5.74, 6) is -1.03. The van der Waals surface area contributed by atoms with Crippen LogP contribution in [0.2, 0.25) is 0 Å². The maximum absolute atomic E-state index is 13.8. The average molecular weight is 650 g/mol. The standard InChI is InChI=1S/C33H39N5O5S2/c1-22-21-44-33(34-22)37(3)20-30(39)29(16-24-12-8-6-9-13-24)36-32(41)27-17-26(18-28(19-27)38(4)45(5,42)43)31(40)35-23(2)25-14-10-7-11-15-25/h6-15,17-19,21,23,29-30,39H,16,20H2,1-5H3,(H,35,40)(H,36,41)/t23-,29+,30-/m1/s1. The van der Waals surface area contributed by atoms with E-state index in [4.69, 9.17) is 0 Å². The monoisotopic (exact) mass is 649 g/mol. The fourth-order valence-corrected chi connectivity index (χ4v) is 6.03. The summed E-state index contributed by atoms with van der Waals surface area (Å²) in [6.07, 6.45) is 0.396. The molecule has 4 aromatic rings. The van der Waals surface area contributed by atoms with Crippen molar-refractivity contribution >= 4 is 44.0 Å². The zero-order chi connectivity index (χ0) is 32.7. The molecule has 0 unspecified atom stereocenters. The number of amides is 2. The number of aryl methyl sites for hydroxylation is 1. The van der Waals surface area contributed by atoms with Crippen molar-refractivity contribution in [3.05, 3.63) is 112 Å². The molecule has 1 aromatic heterocycles. The summed E-state index contributed by atoms with van der Waals surface area (Å²) in [7, 11) is -0.515. The van der Waals surface area contributed by atoms with Crippen LogP contribution in [0.15, 0.2) is 84.2 Å². The van der Waals surface area contributed by atoms with Gasteiger partial charge in [0, 0.05) is 37.1 Å². The van der Waals surface area contributed by atoms with E-state index in [2.05, 4.69) is 15.6 Å². The van der Waals surface area contributed by atoms with Gasteiger partial charge in [-0.1, -0.05) is 60.7 Å². The number of sulfonamides is 1. The molecule has 0 bridgehead atoms. The maximum Gasteiger partial charge on any atom is 0.251 e. The molecule has 3 N–H and O–H groups in total. The molecule has 12 heteroatoms. The number of aromatic nitrogens is 1. The number of hydrogen-bond donors (Lipinski definition) is 3. The molecule has 10 nitrogen and oxygen atoms in total. The van der Waals surface area contributed by atoms with Crippen LogP contribution in [0.4, 0.5) is 10.8 Å². The van der Waals surface area contributed by atoms with E-state index in [1.54, 1.807) is 0 Å². The molecule has 2 amide bonds. The molecule has 0 aliphatic heterocycles.